The Morgan fingerprint density at radius 2 is 2.19 bits per heavy atom. The van der Waals surface area contributed by atoms with E-state index in [1.807, 2.05) is 19.1 Å². The Labute approximate surface area is 187 Å². The van der Waals surface area contributed by atoms with Gasteiger partial charge in [0.2, 0.25) is 5.91 Å². The minimum Gasteiger partial charge on any atom is -0.449 e. The molecule has 1 aliphatic carbocycles. The number of likely N-dealkylation sites (tertiary alicyclic amines) is 1. The largest absolute Gasteiger partial charge is 0.449 e. The van der Waals surface area contributed by atoms with Crippen molar-refractivity contribution in [1.29, 1.82) is 0 Å². The normalized spacial score (nSPS) is 19.0. The van der Waals surface area contributed by atoms with Crippen LogP contribution in [-0.4, -0.2) is 41.6 Å². The lowest BCUT2D eigenvalue weighted by molar-refractivity contribution is -0.116. The van der Waals surface area contributed by atoms with Crippen LogP contribution in [0.4, 0.5) is 15.5 Å². The predicted octanol–water partition coefficient (Wildman–Crippen LogP) is 4.19. The molecule has 0 radical (unpaired) electrons. The second-order valence-electron chi connectivity index (χ2n) is 8.57. The van der Waals surface area contributed by atoms with E-state index in [-0.39, 0.29) is 17.9 Å². The highest BCUT2D eigenvalue weighted by Crippen LogP contribution is 2.41. The molecule has 2 unspecified atom stereocenters. The lowest BCUT2D eigenvalue weighted by Crippen LogP contribution is -2.30. The van der Waals surface area contributed by atoms with E-state index in [1.54, 1.807) is 28.6 Å². The summed E-state index contributed by atoms with van der Waals surface area (Å²) in [5.74, 6) is 0.336. The second-order valence-corrected chi connectivity index (χ2v) is 9.67. The number of carbonyl (C=O) groups is 2. The van der Waals surface area contributed by atoms with E-state index in [2.05, 4.69) is 10.3 Å². The first kappa shape index (κ1) is 21.6. The molecule has 1 fully saturated rings. The highest BCUT2D eigenvalue weighted by Gasteiger charge is 2.27. The summed E-state index contributed by atoms with van der Waals surface area (Å²) in [6.07, 6.45) is 8.46. The Morgan fingerprint density at radius 1 is 1.39 bits per heavy atom. The van der Waals surface area contributed by atoms with Crippen molar-refractivity contribution < 1.29 is 14.3 Å². The average Bonchev–Trinajstić information content (AvgIpc) is 3.41. The molecule has 0 saturated carbocycles. The predicted molar refractivity (Wildman–Crippen MR) is 122 cm³/mol. The molecule has 7 nitrogen and oxygen atoms in total. The second kappa shape index (κ2) is 9.68. The van der Waals surface area contributed by atoms with Crippen LogP contribution < -0.4 is 11.1 Å². The topological polar surface area (TPSA) is 97.6 Å². The zero-order valence-electron chi connectivity index (χ0n) is 17.9. The molecule has 2 amide bonds. The summed E-state index contributed by atoms with van der Waals surface area (Å²) in [7, 11) is 0. The van der Waals surface area contributed by atoms with Crippen molar-refractivity contribution in [2.45, 2.75) is 51.4 Å². The van der Waals surface area contributed by atoms with Gasteiger partial charge in [-0.25, -0.2) is 4.79 Å². The van der Waals surface area contributed by atoms with Crippen LogP contribution in [0.1, 0.15) is 54.5 Å². The number of amides is 2. The van der Waals surface area contributed by atoms with Crippen molar-refractivity contribution >= 4 is 34.0 Å². The molecule has 8 heteroatoms. The van der Waals surface area contributed by atoms with Crippen LogP contribution in [0.15, 0.2) is 24.5 Å². The Bertz CT molecular complexity index is 924. The van der Waals surface area contributed by atoms with Gasteiger partial charge in [0.05, 0.1) is 12.3 Å². The van der Waals surface area contributed by atoms with Gasteiger partial charge < -0.3 is 20.7 Å². The number of ether oxygens (including phenoxy) is 1. The van der Waals surface area contributed by atoms with Crippen LogP contribution in [0.25, 0.3) is 0 Å². The van der Waals surface area contributed by atoms with E-state index >= 15 is 0 Å². The molecule has 1 saturated heterocycles. The number of nitrogens with two attached hydrogens (primary N) is 1. The molecule has 2 atom stereocenters. The van der Waals surface area contributed by atoms with E-state index in [9.17, 15) is 9.59 Å². The van der Waals surface area contributed by atoms with Gasteiger partial charge in [0.15, 0.2) is 0 Å². The van der Waals surface area contributed by atoms with Crippen molar-refractivity contribution in [3.05, 3.63) is 40.5 Å². The van der Waals surface area contributed by atoms with E-state index < -0.39 is 0 Å². The first-order valence-electron chi connectivity index (χ1n) is 11.0. The number of thiophene rings is 1. The Balaban J connectivity index is 1.31. The van der Waals surface area contributed by atoms with Gasteiger partial charge in [-0.3, -0.25) is 9.78 Å². The van der Waals surface area contributed by atoms with Crippen LogP contribution in [0.5, 0.6) is 0 Å². The zero-order valence-corrected chi connectivity index (χ0v) is 18.7. The summed E-state index contributed by atoms with van der Waals surface area (Å²) in [5, 5.41) is 3.75. The van der Waals surface area contributed by atoms with Gasteiger partial charge in [-0.1, -0.05) is 13.0 Å². The molecule has 31 heavy (non-hydrogen) atoms. The molecule has 0 aromatic carbocycles. The number of hydrogen-bond acceptors (Lipinski definition) is 6. The maximum atomic E-state index is 12.6. The number of nitrogen functional groups attached to an aromatic ring is 1. The van der Waals surface area contributed by atoms with Gasteiger partial charge >= 0.3 is 6.09 Å². The van der Waals surface area contributed by atoms with Crippen LogP contribution in [-0.2, 0) is 22.4 Å². The minimum atomic E-state index is -0.190. The minimum absolute atomic E-state index is 0.0438. The summed E-state index contributed by atoms with van der Waals surface area (Å²) in [4.78, 5) is 31.8. The van der Waals surface area contributed by atoms with Crippen molar-refractivity contribution in [3.63, 3.8) is 0 Å². The summed E-state index contributed by atoms with van der Waals surface area (Å²) >= 11 is 1.56. The fraction of sp³-hybridized carbons (Fsp3) is 0.522. The molecule has 3 N–H and O–H groups in total. The molecule has 0 bridgehead atoms. The maximum Gasteiger partial charge on any atom is 0.409 e. The Kier molecular flexibility index (Phi) is 6.75. The molecule has 1 aliphatic heterocycles. The standard InChI is InChI=1S/C23H30N4O3S/c1-15(17-5-4-8-25-13-17)11-20(28)26-22-21(24)18-7-6-16(12-19(18)31-22)14-30-23(29)27-9-2-3-10-27/h4-5,8,13,15-16H,2-3,6-7,9-12,14,24H2,1H3,(H,26,28). The van der Waals surface area contributed by atoms with E-state index in [1.165, 1.54) is 4.88 Å². The van der Waals surface area contributed by atoms with Crippen molar-refractivity contribution in [2.24, 2.45) is 5.92 Å². The summed E-state index contributed by atoms with van der Waals surface area (Å²) < 4.78 is 5.55. The third-order valence-electron chi connectivity index (χ3n) is 6.21. The molecular formula is C23H30N4O3S. The van der Waals surface area contributed by atoms with E-state index in [0.717, 1.165) is 61.3 Å². The number of rotatable bonds is 6. The van der Waals surface area contributed by atoms with Crippen LogP contribution in [0.2, 0.25) is 0 Å². The molecule has 3 heterocycles. The fourth-order valence-electron chi connectivity index (χ4n) is 4.34. The number of nitrogens with zero attached hydrogens (tertiary/aromatic N) is 2. The van der Waals surface area contributed by atoms with Gasteiger partial charge in [-0.05, 0) is 61.1 Å². The third-order valence-corrected chi connectivity index (χ3v) is 7.40. The number of carbonyl (C=O) groups excluding carboxylic acids is 2. The van der Waals surface area contributed by atoms with Crippen molar-refractivity contribution in [1.82, 2.24) is 9.88 Å². The number of pyridine rings is 1. The number of nitrogens with one attached hydrogen (secondary N) is 1. The fourth-order valence-corrected chi connectivity index (χ4v) is 5.63. The highest BCUT2D eigenvalue weighted by molar-refractivity contribution is 7.17. The summed E-state index contributed by atoms with van der Waals surface area (Å²) in [6.45, 7) is 4.07. The van der Waals surface area contributed by atoms with E-state index in [0.29, 0.717) is 24.6 Å². The Hall–Kier alpha value is -2.61. The first-order valence-corrected chi connectivity index (χ1v) is 11.8. The van der Waals surface area contributed by atoms with Gasteiger partial charge in [0.25, 0.3) is 0 Å². The lowest BCUT2D eigenvalue weighted by Gasteiger charge is -2.23. The summed E-state index contributed by atoms with van der Waals surface area (Å²) in [6, 6.07) is 3.87. The quantitative estimate of drug-likeness (QED) is 0.699. The monoisotopic (exact) mass is 442 g/mol. The average molecular weight is 443 g/mol. The van der Waals surface area contributed by atoms with Gasteiger partial charge in [-0.2, -0.15) is 0 Å². The number of anilines is 2. The number of fused-ring (bicyclic) bond motifs is 1. The molecule has 0 spiro atoms. The maximum absolute atomic E-state index is 12.6. The molecule has 4 rings (SSSR count). The third kappa shape index (κ3) is 5.18. The Morgan fingerprint density at radius 3 is 2.94 bits per heavy atom. The van der Waals surface area contributed by atoms with Crippen molar-refractivity contribution in [3.8, 4) is 0 Å². The smallest absolute Gasteiger partial charge is 0.409 e. The zero-order chi connectivity index (χ0) is 21.8. The highest BCUT2D eigenvalue weighted by atomic mass is 32.1. The SMILES string of the molecule is CC(CC(=O)Nc1sc2c(c1N)CCC(COC(=O)N1CCCC1)C2)c1cccnc1. The molecule has 166 valence electrons. The summed E-state index contributed by atoms with van der Waals surface area (Å²) in [5.41, 5.74) is 9.23. The van der Waals surface area contributed by atoms with Gasteiger partial charge in [0.1, 0.15) is 5.00 Å². The molecular weight excluding hydrogens is 412 g/mol. The molecule has 2 aliphatic rings. The van der Waals surface area contributed by atoms with Crippen molar-refractivity contribution in [2.75, 3.05) is 30.7 Å². The number of aromatic nitrogens is 1. The molecule has 2 aromatic heterocycles. The van der Waals surface area contributed by atoms with Gasteiger partial charge in [0, 0.05) is 36.8 Å². The lowest BCUT2D eigenvalue weighted by atomic mass is 9.89. The van der Waals surface area contributed by atoms with E-state index in [4.69, 9.17) is 10.5 Å². The van der Waals surface area contributed by atoms with Crippen LogP contribution in [0, 0.1) is 5.92 Å². The first-order chi connectivity index (χ1) is 15.0. The molecule has 2 aromatic rings. The van der Waals surface area contributed by atoms with Gasteiger partial charge in [-0.15, -0.1) is 11.3 Å². The number of hydrogen-bond donors (Lipinski definition) is 2. The van der Waals surface area contributed by atoms with Crippen LogP contribution in [0.3, 0.4) is 0 Å². The van der Waals surface area contributed by atoms with Crippen LogP contribution >= 0.6 is 11.3 Å².